The Morgan fingerprint density at radius 3 is 2.24 bits per heavy atom. The zero-order chi connectivity index (χ0) is 21.2. The van der Waals surface area contributed by atoms with Crippen LogP contribution in [-0.4, -0.2) is 24.7 Å². The van der Waals surface area contributed by atoms with Crippen LogP contribution in [-0.2, 0) is 21.0 Å². The van der Waals surface area contributed by atoms with E-state index < -0.39 is 33.7 Å². The number of carbonyl (C=O) groups is 1. The number of amides is 1. The third kappa shape index (κ3) is 4.70. The van der Waals surface area contributed by atoms with Crippen LogP contribution in [0.5, 0.6) is 0 Å². The van der Waals surface area contributed by atoms with Gasteiger partial charge in [-0.05, 0) is 49.6 Å². The van der Waals surface area contributed by atoms with E-state index in [2.05, 4.69) is 0 Å². The molecule has 0 bridgehead atoms. The molecule has 1 amide bonds. The van der Waals surface area contributed by atoms with Crippen molar-refractivity contribution in [2.45, 2.75) is 43.3 Å². The molecule has 0 spiro atoms. The van der Waals surface area contributed by atoms with Gasteiger partial charge < -0.3 is 0 Å². The molecule has 1 fully saturated rings. The highest BCUT2D eigenvalue weighted by Gasteiger charge is 2.37. The molecule has 3 rings (SSSR count). The summed E-state index contributed by atoms with van der Waals surface area (Å²) in [6.07, 6.45) is -0.187. The first-order valence-corrected chi connectivity index (χ1v) is 10.5. The van der Waals surface area contributed by atoms with Crippen LogP contribution in [0.4, 0.5) is 13.2 Å². The van der Waals surface area contributed by atoms with E-state index in [4.69, 9.17) is 0 Å². The van der Waals surface area contributed by atoms with Crippen LogP contribution in [0, 0.1) is 6.92 Å². The standard InChI is InChI=1S/C21H20F3NO3S/c1-15-5-13-19(14-6-15)29(27,28)25-18(3-2-4-20(25)26)12-9-16-7-10-17(11-8-16)21(22,23)24/h5-14,18H,2-4H2,1H3/b12-9+. The lowest BCUT2D eigenvalue weighted by Crippen LogP contribution is -2.46. The highest BCUT2D eigenvalue weighted by molar-refractivity contribution is 7.89. The third-order valence-corrected chi connectivity index (χ3v) is 6.62. The lowest BCUT2D eigenvalue weighted by molar-refractivity contribution is -0.137. The van der Waals surface area contributed by atoms with Crippen molar-refractivity contribution in [2.24, 2.45) is 0 Å². The molecule has 1 aliphatic heterocycles. The SMILES string of the molecule is Cc1ccc(S(=O)(=O)N2C(=O)CCCC2/C=C/c2ccc(C(F)(F)F)cc2)cc1. The van der Waals surface area contributed by atoms with Gasteiger partial charge in [-0.3, -0.25) is 4.79 Å². The van der Waals surface area contributed by atoms with E-state index in [1.807, 2.05) is 6.92 Å². The molecule has 0 N–H and O–H groups in total. The Hall–Kier alpha value is -2.61. The number of carbonyl (C=O) groups excluding carboxylic acids is 1. The number of benzene rings is 2. The summed E-state index contributed by atoms with van der Waals surface area (Å²) in [6.45, 7) is 1.83. The van der Waals surface area contributed by atoms with E-state index in [0.29, 0.717) is 18.4 Å². The quantitative estimate of drug-likeness (QED) is 0.710. The lowest BCUT2D eigenvalue weighted by atomic mass is 10.0. The van der Waals surface area contributed by atoms with Gasteiger partial charge in [0, 0.05) is 6.42 Å². The number of piperidine rings is 1. The minimum absolute atomic E-state index is 0.0336. The fourth-order valence-corrected chi connectivity index (χ4v) is 4.79. The predicted molar refractivity (Wildman–Crippen MR) is 103 cm³/mol. The van der Waals surface area contributed by atoms with Crippen molar-refractivity contribution in [1.29, 1.82) is 0 Å². The molecule has 1 saturated heterocycles. The molecule has 4 nitrogen and oxygen atoms in total. The monoisotopic (exact) mass is 423 g/mol. The van der Waals surface area contributed by atoms with E-state index in [9.17, 15) is 26.4 Å². The molecule has 0 aliphatic carbocycles. The topological polar surface area (TPSA) is 54.5 Å². The Balaban J connectivity index is 1.87. The summed E-state index contributed by atoms with van der Waals surface area (Å²) >= 11 is 0. The first-order chi connectivity index (χ1) is 13.6. The van der Waals surface area contributed by atoms with Gasteiger partial charge in [0.05, 0.1) is 16.5 Å². The van der Waals surface area contributed by atoms with Gasteiger partial charge in [0.25, 0.3) is 10.0 Å². The summed E-state index contributed by atoms with van der Waals surface area (Å²) in [5.41, 5.74) is 0.627. The van der Waals surface area contributed by atoms with Crippen LogP contribution in [0.3, 0.4) is 0 Å². The Bertz CT molecular complexity index is 1010. The minimum Gasteiger partial charge on any atom is -0.274 e. The van der Waals surface area contributed by atoms with Crippen LogP contribution < -0.4 is 0 Å². The number of halogens is 3. The Morgan fingerprint density at radius 1 is 1.03 bits per heavy atom. The second-order valence-corrected chi connectivity index (χ2v) is 8.76. The number of sulfonamides is 1. The summed E-state index contributed by atoms with van der Waals surface area (Å²) in [4.78, 5) is 12.5. The average molecular weight is 423 g/mol. The molecule has 1 atom stereocenters. The molecule has 1 heterocycles. The van der Waals surface area contributed by atoms with E-state index in [1.54, 1.807) is 24.3 Å². The first kappa shape index (κ1) is 21.1. The average Bonchev–Trinajstić information content (AvgIpc) is 2.66. The Kier molecular flexibility index (Phi) is 5.84. The molecular formula is C21H20F3NO3S. The van der Waals surface area contributed by atoms with Crippen molar-refractivity contribution in [3.8, 4) is 0 Å². The first-order valence-electron chi connectivity index (χ1n) is 9.08. The van der Waals surface area contributed by atoms with Crippen molar-refractivity contribution < 1.29 is 26.4 Å². The summed E-state index contributed by atoms with van der Waals surface area (Å²) < 4.78 is 65.0. The zero-order valence-electron chi connectivity index (χ0n) is 15.7. The fraction of sp³-hybridized carbons (Fsp3) is 0.286. The van der Waals surface area contributed by atoms with Gasteiger partial charge in [-0.15, -0.1) is 0 Å². The fourth-order valence-electron chi connectivity index (χ4n) is 3.19. The van der Waals surface area contributed by atoms with E-state index in [1.165, 1.54) is 24.3 Å². The van der Waals surface area contributed by atoms with Gasteiger partial charge in [0.1, 0.15) is 0 Å². The van der Waals surface area contributed by atoms with Crippen LogP contribution >= 0.6 is 0 Å². The minimum atomic E-state index is -4.42. The zero-order valence-corrected chi connectivity index (χ0v) is 16.5. The number of rotatable bonds is 4. The lowest BCUT2D eigenvalue weighted by Gasteiger charge is -2.33. The molecular weight excluding hydrogens is 403 g/mol. The highest BCUT2D eigenvalue weighted by Crippen LogP contribution is 2.30. The van der Waals surface area contributed by atoms with E-state index in [-0.39, 0.29) is 11.3 Å². The van der Waals surface area contributed by atoms with Crippen LogP contribution in [0.1, 0.15) is 36.0 Å². The number of nitrogens with zero attached hydrogens (tertiary/aromatic N) is 1. The molecule has 1 aliphatic rings. The molecule has 0 radical (unpaired) electrons. The Labute approximate surface area is 167 Å². The van der Waals surface area contributed by atoms with Gasteiger partial charge in [-0.2, -0.15) is 13.2 Å². The largest absolute Gasteiger partial charge is 0.416 e. The Morgan fingerprint density at radius 2 is 1.66 bits per heavy atom. The van der Waals surface area contributed by atoms with Crippen molar-refractivity contribution in [3.63, 3.8) is 0 Å². The number of alkyl halides is 3. The molecule has 2 aromatic rings. The van der Waals surface area contributed by atoms with Crippen molar-refractivity contribution in [3.05, 3.63) is 71.3 Å². The maximum absolute atomic E-state index is 13.0. The highest BCUT2D eigenvalue weighted by atomic mass is 32.2. The van der Waals surface area contributed by atoms with Crippen molar-refractivity contribution in [2.75, 3.05) is 0 Å². The number of aryl methyl sites for hydroxylation is 1. The summed E-state index contributed by atoms with van der Waals surface area (Å²) in [5.74, 6) is -0.487. The number of hydrogen-bond acceptors (Lipinski definition) is 3. The van der Waals surface area contributed by atoms with Crippen LogP contribution in [0.15, 0.2) is 59.5 Å². The molecule has 154 valence electrons. The van der Waals surface area contributed by atoms with E-state index in [0.717, 1.165) is 22.0 Å². The summed E-state index contributed by atoms with van der Waals surface area (Å²) in [6, 6.07) is 10.1. The second-order valence-electron chi connectivity index (χ2n) is 6.95. The molecule has 29 heavy (non-hydrogen) atoms. The smallest absolute Gasteiger partial charge is 0.274 e. The van der Waals surface area contributed by atoms with Gasteiger partial charge in [-0.1, -0.05) is 42.0 Å². The third-order valence-electron chi connectivity index (χ3n) is 4.76. The molecule has 8 heteroatoms. The maximum Gasteiger partial charge on any atom is 0.416 e. The maximum atomic E-state index is 13.0. The summed E-state index contributed by atoms with van der Waals surface area (Å²) in [5, 5.41) is 0. The van der Waals surface area contributed by atoms with Crippen LogP contribution in [0.25, 0.3) is 6.08 Å². The van der Waals surface area contributed by atoms with Crippen molar-refractivity contribution >= 4 is 22.0 Å². The van der Waals surface area contributed by atoms with Gasteiger partial charge >= 0.3 is 6.18 Å². The normalized spacial score (nSPS) is 18.4. The van der Waals surface area contributed by atoms with Gasteiger partial charge in [-0.25, -0.2) is 12.7 Å². The molecule has 1 unspecified atom stereocenters. The predicted octanol–water partition coefficient (Wildman–Crippen LogP) is 4.80. The molecule has 2 aromatic carbocycles. The second kappa shape index (κ2) is 8.02. The van der Waals surface area contributed by atoms with Gasteiger partial charge in [0.2, 0.25) is 5.91 Å². The molecule has 0 saturated carbocycles. The van der Waals surface area contributed by atoms with E-state index >= 15 is 0 Å². The van der Waals surface area contributed by atoms with Crippen LogP contribution in [0.2, 0.25) is 0 Å². The number of hydrogen-bond donors (Lipinski definition) is 0. The van der Waals surface area contributed by atoms with Crippen molar-refractivity contribution in [1.82, 2.24) is 4.31 Å². The van der Waals surface area contributed by atoms with Gasteiger partial charge in [0.15, 0.2) is 0 Å². The molecule has 0 aromatic heterocycles. The summed E-state index contributed by atoms with van der Waals surface area (Å²) in [7, 11) is -4.02.